The largest absolute Gasteiger partial charge is 0.311 e. The first-order valence-corrected chi connectivity index (χ1v) is 6.14. The van der Waals surface area contributed by atoms with Gasteiger partial charge in [0.2, 0.25) is 11.1 Å². The molecule has 0 unspecified atom stereocenters. The number of hydrogen-bond acceptors (Lipinski definition) is 7. The number of nitrogens with zero attached hydrogens (tertiary/aromatic N) is 5. The van der Waals surface area contributed by atoms with Crippen molar-refractivity contribution in [3.05, 3.63) is 60.7 Å². The van der Waals surface area contributed by atoms with Crippen molar-refractivity contribution in [1.82, 2.24) is 15.0 Å². The summed E-state index contributed by atoms with van der Waals surface area (Å²) in [5.41, 5.74) is -1.67. The van der Waals surface area contributed by atoms with Gasteiger partial charge < -0.3 is 0 Å². The maximum atomic E-state index is 13.7. The van der Waals surface area contributed by atoms with Gasteiger partial charge in [0.05, 0.1) is 15.9 Å². The Kier molecular flexibility index (Phi) is 4.22. The van der Waals surface area contributed by atoms with Gasteiger partial charge >= 0.3 is 5.69 Å². The zero-order chi connectivity index (χ0) is 16.4. The van der Waals surface area contributed by atoms with E-state index in [1.807, 2.05) is 0 Å². The zero-order valence-corrected chi connectivity index (χ0v) is 11.7. The van der Waals surface area contributed by atoms with Crippen LogP contribution in [0, 0.1) is 33.0 Å². The van der Waals surface area contributed by atoms with Crippen LogP contribution < -0.4 is 0 Å². The lowest BCUT2D eigenvalue weighted by Crippen LogP contribution is -2.05. The summed E-state index contributed by atoms with van der Waals surface area (Å²) in [4.78, 5) is 31.2. The van der Waals surface area contributed by atoms with Crippen LogP contribution in [0.25, 0.3) is 0 Å². The van der Waals surface area contributed by atoms with Gasteiger partial charge in [-0.1, -0.05) is 0 Å². The summed E-state index contributed by atoms with van der Waals surface area (Å²) in [6.45, 7) is 1.54. The van der Waals surface area contributed by atoms with E-state index in [2.05, 4.69) is 15.0 Å². The molecule has 1 heterocycles. The van der Waals surface area contributed by atoms with E-state index in [1.165, 1.54) is 0 Å². The Hall–Kier alpha value is -2.75. The molecule has 11 heteroatoms. The fraction of sp³-hybridized carbons (Fsp3) is 0.182. The lowest BCUT2D eigenvalue weighted by Gasteiger charge is -2.04. The van der Waals surface area contributed by atoms with Crippen molar-refractivity contribution < 1.29 is 14.2 Å². The predicted octanol–water partition coefficient (Wildman–Crippen LogP) is 2.38. The molecular weight excluding hydrogens is 321 g/mol. The van der Waals surface area contributed by atoms with E-state index < -0.39 is 27.0 Å². The smallest absolute Gasteiger partial charge is 0.258 e. The molecule has 0 N–H and O–H groups in total. The fourth-order valence-corrected chi connectivity index (χ4v) is 2.01. The van der Waals surface area contributed by atoms with Gasteiger partial charge in [-0.15, -0.1) is 0 Å². The molecule has 114 valence electrons. The topological polar surface area (TPSA) is 125 Å². The van der Waals surface area contributed by atoms with Crippen LogP contribution in [0.3, 0.4) is 0 Å². The molecule has 9 nitrogen and oxygen atoms in total. The monoisotopic (exact) mass is 327 g/mol. The second kappa shape index (κ2) is 5.93. The molecule has 0 bridgehead atoms. The molecule has 2 aromatic rings. The van der Waals surface area contributed by atoms with Gasteiger partial charge in [0.1, 0.15) is 11.6 Å². The summed E-state index contributed by atoms with van der Waals surface area (Å²) < 4.78 is 13.7. The third-order valence-electron chi connectivity index (χ3n) is 2.66. The van der Waals surface area contributed by atoms with E-state index in [-0.39, 0.29) is 23.1 Å². The summed E-state index contributed by atoms with van der Waals surface area (Å²) in [6, 6.07) is 1.30. The van der Waals surface area contributed by atoms with Crippen LogP contribution in [0.5, 0.6) is 0 Å². The van der Waals surface area contributed by atoms with Gasteiger partial charge in [0, 0.05) is 12.0 Å². The van der Waals surface area contributed by atoms with Gasteiger partial charge in [-0.3, -0.25) is 20.2 Å². The summed E-state index contributed by atoms with van der Waals surface area (Å²) in [5, 5.41) is 21.6. The third-order valence-corrected chi connectivity index (χ3v) is 2.83. The lowest BCUT2D eigenvalue weighted by atomic mass is 10.1. The van der Waals surface area contributed by atoms with Gasteiger partial charge in [-0.2, -0.15) is 4.39 Å². The first-order valence-electron chi connectivity index (χ1n) is 5.76. The molecule has 0 saturated carbocycles. The van der Waals surface area contributed by atoms with Crippen molar-refractivity contribution in [2.75, 3.05) is 0 Å². The van der Waals surface area contributed by atoms with Crippen molar-refractivity contribution in [3.8, 4) is 0 Å². The van der Waals surface area contributed by atoms with E-state index in [4.69, 9.17) is 11.6 Å². The van der Waals surface area contributed by atoms with E-state index in [9.17, 15) is 24.6 Å². The quantitative estimate of drug-likeness (QED) is 0.623. The number of hydrogen-bond donors (Lipinski definition) is 0. The van der Waals surface area contributed by atoms with E-state index in [1.54, 1.807) is 6.92 Å². The van der Waals surface area contributed by atoms with Crippen LogP contribution in [0.1, 0.15) is 17.2 Å². The second-order valence-electron chi connectivity index (χ2n) is 4.19. The Morgan fingerprint density at radius 1 is 1.14 bits per heavy atom. The van der Waals surface area contributed by atoms with Crippen LogP contribution in [0.15, 0.2) is 12.1 Å². The van der Waals surface area contributed by atoms with Crippen molar-refractivity contribution in [1.29, 1.82) is 0 Å². The minimum Gasteiger partial charge on any atom is -0.258 e. The predicted molar refractivity (Wildman–Crippen MR) is 72.1 cm³/mol. The molecule has 1 aromatic carbocycles. The molecule has 0 fully saturated rings. The van der Waals surface area contributed by atoms with Gasteiger partial charge in [0.15, 0.2) is 0 Å². The minimum atomic E-state index is -1.18. The average molecular weight is 328 g/mol. The van der Waals surface area contributed by atoms with Crippen LogP contribution in [0.2, 0.25) is 5.28 Å². The number of rotatable bonds is 4. The maximum absolute atomic E-state index is 13.7. The molecule has 0 saturated heterocycles. The molecule has 0 atom stereocenters. The van der Waals surface area contributed by atoms with Crippen LogP contribution in [-0.2, 0) is 6.42 Å². The number of aromatic nitrogens is 3. The fourth-order valence-electron chi connectivity index (χ4n) is 1.79. The molecule has 0 spiro atoms. The highest BCUT2D eigenvalue weighted by molar-refractivity contribution is 6.28. The van der Waals surface area contributed by atoms with Crippen molar-refractivity contribution >= 4 is 23.0 Å². The highest BCUT2D eigenvalue weighted by Gasteiger charge is 2.25. The highest BCUT2D eigenvalue weighted by atomic mass is 35.5. The van der Waals surface area contributed by atoms with Gasteiger partial charge in [0.25, 0.3) is 5.69 Å². The molecular formula is C11H7ClFN5O4. The Morgan fingerprint density at radius 2 is 1.77 bits per heavy atom. The average Bonchev–Trinajstić information content (AvgIpc) is 2.36. The number of nitro benzene ring substituents is 2. The number of nitro groups is 2. The molecule has 0 aliphatic heterocycles. The van der Waals surface area contributed by atoms with Crippen molar-refractivity contribution in [3.63, 3.8) is 0 Å². The Balaban J connectivity index is 2.52. The Labute approximate surface area is 127 Å². The number of halogens is 2. The highest BCUT2D eigenvalue weighted by Crippen LogP contribution is 2.29. The molecule has 0 aliphatic carbocycles. The van der Waals surface area contributed by atoms with Crippen LogP contribution >= 0.6 is 11.6 Å². The van der Waals surface area contributed by atoms with Crippen LogP contribution in [-0.4, -0.2) is 24.8 Å². The van der Waals surface area contributed by atoms with Gasteiger partial charge in [-0.05, 0) is 24.6 Å². The van der Waals surface area contributed by atoms with E-state index in [0.29, 0.717) is 11.9 Å². The van der Waals surface area contributed by atoms with Crippen LogP contribution in [0.4, 0.5) is 15.8 Å². The van der Waals surface area contributed by atoms with Gasteiger partial charge in [-0.25, -0.2) is 15.0 Å². The zero-order valence-electron chi connectivity index (χ0n) is 11.0. The minimum absolute atomic E-state index is 0.0915. The first kappa shape index (κ1) is 15.6. The molecule has 0 amide bonds. The van der Waals surface area contributed by atoms with E-state index >= 15 is 0 Å². The van der Waals surface area contributed by atoms with E-state index in [0.717, 1.165) is 6.07 Å². The molecule has 0 aliphatic rings. The standard InChI is InChI=1S/C11H7ClFN5O4/c1-5-14-10(16-11(12)15-5)3-6-2-7(13)9(18(21)22)4-8(6)17(19)20/h2,4H,3H2,1H3. The Bertz CT molecular complexity index is 765. The second-order valence-corrected chi connectivity index (χ2v) is 4.53. The van der Waals surface area contributed by atoms with Crippen molar-refractivity contribution in [2.45, 2.75) is 13.3 Å². The molecule has 22 heavy (non-hydrogen) atoms. The third kappa shape index (κ3) is 3.28. The molecule has 1 aromatic heterocycles. The normalized spacial score (nSPS) is 10.5. The summed E-state index contributed by atoms with van der Waals surface area (Å²) in [5.74, 6) is -0.795. The Morgan fingerprint density at radius 3 is 2.32 bits per heavy atom. The molecule has 0 radical (unpaired) electrons. The lowest BCUT2D eigenvalue weighted by molar-refractivity contribution is -0.396. The SMILES string of the molecule is Cc1nc(Cl)nc(Cc2cc(F)c([N+](=O)[O-])cc2[N+](=O)[O-])n1. The number of benzene rings is 1. The first-order chi connectivity index (χ1) is 10.3. The maximum Gasteiger partial charge on any atom is 0.311 e. The molecule has 2 rings (SSSR count). The number of aryl methyl sites for hydroxylation is 1. The summed E-state index contributed by atoms with van der Waals surface area (Å²) in [7, 11) is 0. The van der Waals surface area contributed by atoms with Crippen molar-refractivity contribution in [2.24, 2.45) is 0 Å². The summed E-state index contributed by atoms with van der Waals surface area (Å²) in [6.07, 6.45) is -0.214. The summed E-state index contributed by atoms with van der Waals surface area (Å²) >= 11 is 5.66.